The van der Waals surface area contributed by atoms with E-state index in [4.69, 9.17) is 4.74 Å². The fourth-order valence-corrected chi connectivity index (χ4v) is 1.37. The van der Waals surface area contributed by atoms with Crippen molar-refractivity contribution in [2.24, 2.45) is 0 Å². The summed E-state index contributed by atoms with van der Waals surface area (Å²) in [6.07, 6.45) is 0.655. The maximum atomic E-state index is 11.0. The van der Waals surface area contributed by atoms with Crippen LogP contribution in [0.5, 0.6) is 5.75 Å². The van der Waals surface area contributed by atoms with Crippen molar-refractivity contribution < 1.29 is 9.53 Å². The van der Waals surface area contributed by atoms with Crippen molar-refractivity contribution in [1.82, 2.24) is 5.32 Å². The number of carbonyl (C=O) groups excluding carboxylic acids is 1. The fraction of sp³-hybridized carbons (Fsp3) is 0.462. The molecule has 0 saturated heterocycles. The molecule has 0 unspecified atom stereocenters. The number of benzene rings is 1. The molecule has 1 aromatic carbocycles. The molecule has 17 heavy (non-hydrogen) atoms. The van der Waals surface area contributed by atoms with Crippen LogP contribution in [0.2, 0.25) is 0 Å². The maximum absolute atomic E-state index is 11.0. The quantitative estimate of drug-likeness (QED) is 0.794. The van der Waals surface area contributed by atoms with Gasteiger partial charge in [0.15, 0.2) is 0 Å². The van der Waals surface area contributed by atoms with Gasteiger partial charge in [-0.15, -0.1) is 0 Å². The Bertz CT molecular complexity index is 347. The summed E-state index contributed by atoms with van der Waals surface area (Å²) >= 11 is 0. The lowest BCUT2D eigenvalue weighted by atomic mass is 10.3. The van der Waals surface area contributed by atoms with Crippen LogP contribution in [0.1, 0.15) is 20.3 Å². The summed E-state index contributed by atoms with van der Waals surface area (Å²) in [7, 11) is 1.64. The van der Waals surface area contributed by atoms with Gasteiger partial charge in [0.05, 0.1) is 6.10 Å². The van der Waals surface area contributed by atoms with Crippen LogP contribution in [-0.4, -0.2) is 25.6 Å². The Morgan fingerprint density at radius 2 is 1.94 bits per heavy atom. The summed E-state index contributed by atoms with van der Waals surface area (Å²) < 4.78 is 5.54. The maximum Gasteiger partial charge on any atom is 0.221 e. The summed E-state index contributed by atoms with van der Waals surface area (Å²) in [4.78, 5) is 11.0. The van der Waals surface area contributed by atoms with Gasteiger partial charge in [0.1, 0.15) is 5.75 Å². The number of carbonyl (C=O) groups is 1. The van der Waals surface area contributed by atoms with Gasteiger partial charge in [-0.3, -0.25) is 4.79 Å². The van der Waals surface area contributed by atoms with E-state index in [0.29, 0.717) is 13.0 Å². The number of hydrogen-bond acceptors (Lipinski definition) is 3. The molecule has 0 fully saturated rings. The molecule has 4 heteroatoms. The summed E-state index contributed by atoms with van der Waals surface area (Å²) in [6, 6.07) is 7.73. The van der Waals surface area contributed by atoms with Crippen LogP contribution in [0, 0.1) is 0 Å². The van der Waals surface area contributed by atoms with Crippen LogP contribution in [0.15, 0.2) is 24.3 Å². The van der Waals surface area contributed by atoms with Crippen LogP contribution in [-0.2, 0) is 4.79 Å². The third kappa shape index (κ3) is 5.24. The topological polar surface area (TPSA) is 50.4 Å². The number of nitrogens with one attached hydrogen (secondary N) is 2. The van der Waals surface area contributed by atoms with Gasteiger partial charge in [-0.2, -0.15) is 0 Å². The molecule has 2 N–H and O–H groups in total. The molecule has 4 nitrogen and oxygen atoms in total. The molecule has 0 atom stereocenters. The average Bonchev–Trinajstić information content (AvgIpc) is 2.30. The van der Waals surface area contributed by atoms with Crippen molar-refractivity contribution in [2.75, 3.05) is 18.9 Å². The average molecular weight is 236 g/mol. The highest BCUT2D eigenvalue weighted by Crippen LogP contribution is 2.16. The van der Waals surface area contributed by atoms with Gasteiger partial charge in [-0.25, -0.2) is 0 Å². The third-order valence-corrected chi connectivity index (χ3v) is 2.19. The predicted octanol–water partition coefficient (Wildman–Crippen LogP) is 2.02. The standard InChI is InChI=1S/C13H20N2O2/c1-10(2)17-12-6-4-11(5-7-12)15-9-8-13(16)14-3/h4-7,10,15H,8-9H2,1-3H3,(H,14,16). The lowest BCUT2D eigenvalue weighted by molar-refractivity contribution is -0.120. The molecule has 0 aliphatic rings. The van der Waals surface area contributed by atoms with Crippen molar-refractivity contribution in [1.29, 1.82) is 0 Å². The van der Waals surface area contributed by atoms with Gasteiger partial charge in [0.25, 0.3) is 0 Å². The Morgan fingerprint density at radius 1 is 1.29 bits per heavy atom. The van der Waals surface area contributed by atoms with Crippen molar-refractivity contribution in [3.8, 4) is 5.75 Å². The van der Waals surface area contributed by atoms with Crippen LogP contribution >= 0.6 is 0 Å². The summed E-state index contributed by atoms with van der Waals surface area (Å²) in [5, 5.41) is 5.76. The molecule has 0 aromatic heterocycles. The van der Waals surface area contributed by atoms with Crippen LogP contribution in [0.4, 0.5) is 5.69 Å². The second-order valence-electron chi connectivity index (χ2n) is 4.04. The van der Waals surface area contributed by atoms with Crippen LogP contribution in [0.3, 0.4) is 0 Å². The normalized spacial score (nSPS) is 10.1. The molecule has 0 aliphatic carbocycles. The minimum atomic E-state index is 0.0391. The highest BCUT2D eigenvalue weighted by atomic mass is 16.5. The van der Waals surface area contributed by atoms with Gasteiger partial charge in [0.2, 0.25) is 5.91 Å². The lowest BCUT2D eigenvalue weighted by Crippen LogP contribution is -2.20. The summed E-state index contributed by atoms with van der Waals surface area (Å²) in [5.74, 6) is 0.897. The highest BCUT2D eigenvalue weighted by molar-refractivity contribution is 5.76. The minimum Gasteiger partial charge on any atom is -0.491 e. The van der Waals surface area contributed by atoms with Gasteiger partial charge in [0, 0.05) is 25.7 Å². The van der Waals surface area contributed by atoms with E-state index < -0.39 is 0 Å². The van der Waals surface area contributed by atoms with Gasteiger partial charge < -0.3 is 15.4 Å². The summed E-state index contributed by atoms with van der Waals surface area (Å²) in [5.41, 5.74) is 0.991. The van der Waals surface area contributed by atoms with E-state index in [-0.39, 0.29) is 12.0 Å². The fourth-order valence-electron chi connectivity index (χ4n) is 1.37. The Morgan fingerprint density at radius 3 is 2.47 bits per heavy atom. The highest BCUT2D eigenvalue weighted by Gasteiger charge is 1.99. The molecular weight excluding hydrogens is 216 g/mol. The van der Waals surface area contributed by atoms with E-state index in [9.17, 15) is 4.79 Å². The van der Waals surface area contributed by atoms with Crippen molar-refractivity contribution in [3.63, 3.8) is 0 Å². The van der Waals surface area contributed by atoms with Crippen molar-refractivity contribution in [3.05, 3.63) is 24.3 Å². The number of ether oxygens (including phenoxy) is 1. The molecule has 1 amide bonds. The molecule has 94 valence electrons. The van der Waals surface area contributed by atoms with E-state index in [1.165, 1.54) is 0 Å². The van der Waals surface area contributed by atoms with Crippen molar-refractivity contribution >= 4 is 11.6 Å². The van der Waals surface area contributed by atoms with Crippen LogP contribution < -0.4 is 15.4 Å². The predicted molar refractivity (Wildman–Crippen MR) is 69.4 cm³/mol. The molecule has 0 aliphatic heterocycles. The summed E-state index contributed by atoms with van der Waals surface area (Å²) in [6.45, 7) is 4.62. The molecule has 0 radical (unpaired) electrons. The third-order valence-electron chi connectivity index (χ3n) is 2.19. The molecule has 0 heterocycles. The first-order valence-electron chi connectivity index (χ1n) is 5.83. The SMILES string of the molecule is CNC(=O)CCNc1ccc(OC(C)C)cc1. The second-order valence-corrected chi connectivity index (χ2v) is 4.04. The first kappa shape index (κ1) is 13.4. The molecule has 0 bridgehead atoms. The number of anilines is 1. The Kier molecular flexibility index (Phi) is 5.33. The van der Waals surface area contributed by atoms with Gasteiger partial charge in [-0.05, 0) is 38.1 Å². The Balaban J connectivity index is 2.37. The molecular formula is C13H20N2O2. The lowest BCUT2D eigenvalue weighted by Gasteiger charge is -2.10. The Labute approximate surface area is 102 Å². The first-order chi connectivity index (χ1) is 8.11. The zero-order valence-electron chi connectivity index (χ0n) is 10.6. The van der Waals surface area contributed by atoms with E-state index in [2.05, 4.69) is 10.6 Å². The molecule has 1 aromatic rings. The number of amides is 1. The van der Waals surface area contributed by atoms with E-state index in [1.807, 2.05) is 38.1 Å². The van der Waals surface area contributed by atoms with E-state index >= 15 is 0 Å². The zero-order valence-corrected chi connectivity index (χ0v) is 10.6. The van der Waals surface area contributed by atoms with E-state index in [1.54, 1.807) is 7.05 Å². The smallest absolute Gasteiger partial charge is 0.221 e. The van der Waals surface area contributed by atoms with Crippen molar-refractivity contribution in [2.45, 2.75) is 26.4 Å². The number of rotatable bonds is 6. The largest absolute Gasteiger partial charge is 0.491 e. The molecule has 0 saturated carbocycles. The number of hydrogen-bond donors (Lipinski definition) is 2. The first-order valence-corrected chi connectivity index (χ1v) is 5.83. The minimum absolute atomic E-state index is 0.0391. The zero-order chi connectivity index (χ0) is 12.7. The second kappa shape index (κ2) is 6.78. The van der Waals surface area contributed by atoms with Gasteiger partial charge in [-0.1, -0.05) is 0 Å². The van der Waals surface area contributed by atoms with Crippen LogP contribution in [0.25, 0.3) is 0 Å². The van der Waals surface area contributed by atoms with E-state index in [0.717, 1.165) is 11.4 Å². The Hall–Kier alpha value is -1.71. The molecule has 0 spiro atoms. The monoisotopic (exact) mass is 236 g/mol. The molecule has 1 rings (SSSR count). The van der Waals surface area contributed by atoms with Gasteiger partial charge >= 0.3 is 0 Å².